The van der Waals surface area contributed by atoms with E-state index in [0.717, 1.165) is 6.42 Å². The van der Waals surface area contributed by atoms with Gasteiger partial charge >= 0.3 is 0 Å². The van der Waals surface area contributed by atoms with E-state index in [1.807, 2.05) is 0 Å². The first-order valence-corrected chi connectivity index (χ1v) is 7.68. The Morgan fingerprint density at radius 3 is 2.14 bits per heavy atom. The molecule has 0 fully saturated rings. The third kappa shape index (κ3) is 1.75. The molecule has 104 valence electrons. The lowest BCUT2D eigenvalue weighted by atomic mass is 9.95. The van der Waals surface area contributed by atoms with E-state index in [9.17, 15) is 0 Å². The van der Waals surface area contributed by atoms with Crippen LogP contribution in [0.25, 0.3) is 21.9 Å². The zero-order chi connectivity index (χ0) is 14.7. The van der Waals surface area contributed by atoms with Gasteiger partial charge in [0.2, 0.25) is 0 Å². The molecular formula is C21H20. The van der Waals surface area contributed by atoms with Crippen LogP contribution in [0.1, 0.15) is 33.4 Å². The van der Waals surface area contributed by atoms with Crippen molar-refractivity contribution in [3.63, 3.8) is 0 Å². The van der Waals surface area contributed by atoms with Crippen LogP contribution in [0.15, 0.2) is 36.4 Å². The van der Waals surface area contributed by atoms with Crippen LogP contribution in [-0.2, 0) is 6.42 Å². The molecule has 0 N–H and O–H groups in total. The summed E-state index contributed by atoms with van der Waals surface area (Å²) in [4.78, 5) is 0. The summed E-state index contributed by atoms with van der Waals surface area (Å²) in [7, 11) is 0. The summed E-state index contributed by atoms with van der Waals surface area (Å²) >= 11 is 0. The maximum absolute atomic E-state index is 2.37. The average Bonchev–Trinajstić information content (AvgIpc) is 2.79. The van der Waals surface area contributed by atoms with E-state index >= 15 is 0 Å². The number of rotatable bonds is 0. The summed E-state index contributed by atoms with van der Waals surface area (Å²) in [6, 6.07) is 14.0. The molecule has 0 bridgehead atoms. The molecule has 0 spiro atoms. The number of aryl methyl sites for hydroxylation is 4. The van der Waals surface area contributed by atoms with Crippen LogP contribution in [0.3, 0.4) is 0 Å². The average molecular weight is 272 g/mol. The molecule has 0 nitrogen and oxygen atoms in total. The molecule has 0 radical (unpaired) electrons. The molecule has 0 aliphatic heterocycles. The highest BCUT2D eigenvalue weighted by Crippen LogP contribution is 2.41. The van der Waals surface area contributed by atoms with Gasteiger partial charge in [-0.3, -0.25) is 0 Å². The molecule has 0 saturated carbocycles. The van der Waals surface area contributed by atoms with Crippen molar-refractivity contribution in [2.75, 3.05) is 0 Å². The van der Waals surface area contributed by atoms with Gasteiger partial charge in [-0.2, -0.15) is 0 Å². The Bertz CT molecular complexity index is 898. The predicted molar refractivity (Wildman–Crippen MR) is 91.1 cm³/mol. The number of benzene rings is 3. The molecule has 3 aromatic rings. The highest BCUT2D eigenvalue weighted by atomic mass is 14.2. The first-order valence-electron chi connectivity index (χ1n) is 7.68. The van der Waals surface area contributed by atoms with Gasteiger partial charge in [0.1, 0.15) is 0 Å². The van der Waals surface area contributed by atoms with Gasteiger partial charge in [0.25, 0.3) is 0 Å². The van der Waals surface area contributed by atoms with Gasteiger partial charge in [-0.15, -0.1) is 0 Å². The van der Waals surface area contributed by atoms with Gasteiger partial charge in [0.15, 0.2) is 0 Å². The van der Waals surface area contributed by atoms with Gasteiger partial charge < -0.3 is 0 Å². The zero-order valence-corrected chi connectivity index (χ0v) is 13.2. The Morgan fingerprint density at radius 1 is 0.667 bits per heavy atom. The van der Waals surface area contributed by atoms with Crippen LogP contribution < -0.4 is 0 Å². The third-order valence-electron chi connectivity index (χ3n) is 5.12. The molecule has 0 atom stereocenters. The fraction of sp³-hybridized carbons (Fsp3) is 0.238. The van der Waals surface area contributed by atoms with Crippen molar-refractivity contribution >= 4 is 10.8 Å². The first kappa shape index (κ1) is 12.6. The van der Waals surface area contributed by atoms with Crippen LogP contribution in [0.4, 0.5) is 0 Å². The summed E-state index contributed by atoms with van der Waals surface area (Å²) in [6.45, 7) is 8.83. The lowest BCUT2D eigenvalue weighted by Gasteiger charge is -2.09. The van der Waals surface area contributed by atoms with Crippen molar-refractivity contribution in [2.24, 2.45) is 0 Å². The summed E-state index contributed by atoms with van der Waals surface area (Å²) < 4.78 is 0. The fourth-order valence-corrected chi connectivity index (χ4v) is 3.56. The maximum atomic E-state index is 2.37. The van der Waals surface area contributed by atoms with Crippen molar-refractivity contribution in [1.29, 1.82) is 0 Å². The van der Waals surface area contributed by atoms with Crippen LogP contribution >= 0.6 is 0 Å². The number of hydrogen-bond acceptors (Lipinski definition) is 0. The molecule has 21 heavy (non-hydrogen) atoms. The quantitative estimate of drug-likeness (QED) is 0.388. The van der Waals surface area contributed by atoms with Gasteiger partial charge in [0.05, 0.1) is 0 Å². The SMILES string of the molecule is Cc1cc2c(cc1C)-c1ccc3cc(C)c(C)cc3c1C2. The van der Waals surface area contributed by atoms with E-state index in [4.69, 9.17) is 0 Å². The second-order valence-electron chi connectivity index (χ2n) is 6.52. The Kier molecular flexibility index (Phi) is 2.53. The molecule has 0 heteroatoms. The highest BCUT2D eigenvalue weighted by Gasteiger charge is 2.21. The largest absolute Gasteiger partial charge is 0.0549 e. The Balaban J connectivity index is 2.04. The van der Waals surface area contributed by atoms with Crippen LogP contribution in [0, 0.1) is 27.7 Å². The van der Waals surface area contributed by atoms with Crippen molar-refractivity contribution in [1.82, 2.24) is 0 Å². The third-order valence-corrected chi connectivity index (χ3v) is 5.12. The lowest BCUT2D eigenvalue weighted by molar-refractivity contribution is 1.24. The highest BCUT2D eigenvalue weighted by molar-refractivity contribution is 5.96. The normalized spacial score (nSPS) is 12.6. The van der Waals surface area contributed by atoms with Crippen LogP contribution in [-0.4, -0.2) is 0 Å². The number of fused-ring (bicyclic) bond motifs is 5. The molecular weight excluding hydrogens is 252 g/mol. The molecule has 4 rings (SSSR count). The summed E-state index contributed by atoms with van der Waals surface area (Å²) in [5.41, 5.74) is 11.4. The Labute approximate surface area is 126 Å². The smallest absolute Gasteiger partial charge is 0.000718 e. The van der Waals surface area contributed by atoms with Crippen molar-refractivity contribution in [2.45, 2.75) is 34.1 Å². The number of hydrogen-bond donors (Lipinski definition) is 0. The topological polar surface area (TPSA) is 0 Å². The molecule has 3 aromatic carbocycles. The van der Waals surface area contributed by atoms with Crippen LogP contribution in [0.2, 0.25) is 0 Å². The van der Waals surface area contributed by atoms with Gasteiger partial charge in [-0.25, -0.2) is 0 Å². The van der Waals surface area contributed by atoms with Crippen molar-refractivity contribution < 1.29 is 0 Å². The minimum absolute atomic E-state index is 1.08. The van der Waals surface area contributed by atoms with E-state index < -0.39 is 0 Å². The second-order valence-corrected chi connectivity index (χ2v) is 6.52. The van der Waals surface area contributed by atoms with E-state index in [1.54, 1.807) is 0 Å². The second kappa shape index (κ2) is 4.21. The summed E-state index contributed by atoms with van der Waals surface area (Å²) in [5, 5.41) is 2.81. The first-order chi connectivity index (χ1) is 10.0. The molecule has 0 amide bonds. The minimum atomic E-state index is 1.08. The van der Waals surface area contributed by atoms with Gasteiger partial charge in [-0.05, 0) is 89.4 Å². The van der Waals surface area contributed by atoms with E-state index in [0.29, 0.717) is 0 Å². The van der Waals surface area contributed by atoms with Gasteiger partial charge in [-0.1, -0.05) is 36.4 Å². The van der Waals surface area contributed by atoms with E-state index in [1.165, 1.54) is 55.3 Å². The molecule has 0 aromatic heterocycles. The Morgan fingerprint density at radius 2 is 1.33 bits per heavy atom. The monoisotopic (exact) mass is 272 g/mol. The van der Waals surface area contributed by atoms with Crippen molar-refractivity contribution in [3.8, 4) is 11.1 Å². The molecule has 0 unspecified atom stereocenters. The zero-order valence-electron chi connectivity index (χ0n) is 13.2. The van der Waals surface area contributed by atoms with Crippen molar-refractivity contribution in [3.05, 3.63) is 69.8 Å². The van der Waals surface area contributed by atoms with E-state index in [-0.39, 0.29) is 0 Å². The minimum Gasteiger partial charge on any atom is -0.0549 e. The maximum Gasteiger partial charge on any atom is -0.000718 e. The fourth-order valence-electron chi connectivity index (χ4n) is 3.56. The Hall–Kier alpha value is -2.08. The molecule has 1 aliphatic rings. The summed E-state index contributed by atoms with van der Waals surface area (Å²) in [6.07, 6.45) is 1.08. The van der Waals surface area contributed by atoms with Crippen LogP contribution in [0.5, 0.6) is 0 Å². The molecule has 0 heterocycles. The molecule has 1 aliphatic carbocycles. The molecule has 0 saturated heterocycles. The standard InChI is InChI=1S/C21H20/c1-12-7-16-5-6-18-20-10-15(4)13(2)8-17(20)11-21(18)19(16)9-14(12)3/h5-10H,11H2,1-4H3. The van der Waals surface area contributed by atoms with E-state index in [2.05, 4.69) is 64.1 Å². The van der Waals surface area contributed by atoms with Gasteiger partial charge in [0, 0.05) is 0 Å². The lowest BCUT2D eigenvalue weighted by Crippen LogP contribution is -1.88. The predicted octanol–water partition coefficient (Wildman–Crippen LogP) is 5.64. The summed E-state index contributed by atoms with van der Waals surface area (Å²) in [5.74, 6) is 0.